The van der Waals surface area contributed by atoms with Crippen LogP contribution in [0.5, 0.6) is 17.2 Å². The first-order chi connectivity index (χ1) is 12.5. The predicted molar refractivity (Wildman–Crippen MR) is 102 cm³/mol. The van der Waals surface area contributed by atoms with Gasteiger partial charge in [0.25, 0.3) is 5.91 Å². The molecule has 0 aliphatic carbocycles. The van der Waals surface area contributed by atoms with Crippen molar-refractivity contribution in [2.75, 3.05) is 20.3 Å². The van der Waals surface area contributed by atoms with Crippen LogP contribution in [0.15, 0.2) is 41.5 Å². The summed E-state index contributed by atoms with van der Waals surface area (Å²) in [5, 5.41) is 4.70. The minimum Gasteiger partial charge on any atom is -0.493 e. The number of carbonyl (C=O) groups is 1. The van der Waals surface area contributed by atoms with Gasteiger partial charge in [-0.05, 0) is 36.8 Å². The van der Waals surface area contributed by atoms with Crippen LogP contribution >= 0.6 is 23.2 Å². The monoisotopic (exact) mass is 396 g/mol. The lowest BCUT2D eigenvalue weighted by Gasteiger charge is -2.11. The number of methoxy groups -OCH3 is 1. The number of benzene rings is 2. The maximum absolute atomic E-state index is 11.8. The first-order valence-corrected chi connectivity index (χ1v) is 8.50. The number of hydrogen-bond acceptors (Lipinski definition) is 5. The average molecular weight is 397 g/mol. The summed E-state index contributed by atoms with van der Waals surface area (Å²) >= 11 is 12.1. The van der Waals surface area contributed by atoms with Crippen LogP contribution in [-0.4, -0.2) is 32.4 Å². The zero-order valence-corrected chi connectivity index (χ0v) is 15.8. The third-order valence-electron chi connectivity index (χ3n) is 3.14. The SMILES string of the molecule is CCOc1c(Cl)cc(/C=N/NC(=O)COc2ccccc2Cl)cc1OC. The molecule has 0 saturated heterocycles. The van der Waals surface area contributed by atoms with E-state index in [0.717, 1.165) is 0 Å². The van der Waals surface area contributed by atoms with E-state index in [0.29, 0.717) is 39.5 Å². The molecular formula is C18H18Cl2N2O4. The molecule has 138 valence electrons. The molecule has 0 radical (unpaired) electrons. The van der Waals surface area contributed by atoms with E-state index in [1.165, 1.54) is 13.3 Å². The number of carbonyl (C=O) groups excluding carboxylic acids is 1. The Labute approximate surface area is 161 Å². The normalized spacial score (nSPS) is 10.6. The van der Waals surface area contributed by atoms with E-state index in [1.54, 1.807) is 36.4 Å². The fraction of sp³-hybridized carbons (Fsp3) is 0.222. The van der Waals surface area contributed by atoms with Crippen molar-refractivity contribution in [2.45, 2.75) is 6.92 Å². The largest absolute Gasteiger partial charge is 0.493 e. The Morgan fingerprint density at radius 2 is 1.92 bits per heavy atom. The van der Waals surface area contributed by atoms with Gasteiger partial charge in [-0.1, -0.05) is 35.3 Å². The molecule has 0 spiro atoms. The Bertz CT molecular complexity index is 797. The smallest absolute Gasteiger partial charge is 0.277 e. The van der Waals surface area contributed by atoms with Gasteiger partial charge in [-0.2, -0.15) is 5.10 Å². The molecule has 1 amide bonds. The molecule has 0 aliphatic rings. The minimum atomic E-state index is -0.426. The Morgan fingerprint density at radius 1 is 1.15 bits per heavy atom. The first-order valence-electron chi connectivity index (χ1n) is 7.74. The summed E-state index contributed by atoms with van der Waals surface area (Å²) in [6.07, 6.45) is 1.44. The number of hydrogen-bond donors (Lipinski definition) is 1. The summed E-state index contributed by atoms with van der Waals surface area (Å²) in [4.78, 5) is 11.8. The molecule has 1 N–H and O–H groups in total. The van der Waals surface area contributed by atoms with Gasteiger partial charge in [0.05, 0.1) is 30.0 Å². The second kappa shape index (κ2) is 9.89. The predicted octanol–water partition coefficient (Wildman–Crippen LogP) is 3.93. The van der Waals surface area contributed by atoms with E-state index < -0.39 is 5.91 Å². The highest BCUT2D eigenvalue weighted by Gasteiger charge is 2.11. The number of para-hydroxylation sites is 1. The highest BCUT2D eigenvalue weighted by molar-refractivity contribution is 6.32. The van der Waals surface area contributed by atoms with Crippen molar-refractivity contribution in [2.24, 2.45) is 5.10 Å². The van der Waals surface area contributed by atoms with Gasteiger partial charge in [-0.25, -0.2) is 5.43 Å². The first kappa shape index (κ1) is 19.9. The molecule has 0 aliphatic heterocycles. The van der Waals surface area contributed by atoms with Crippen molar-refractivity contribution < 1.29 is 19.0 Å². The molecule has 8 heteroatoms. The average Bonchev–Trinajstić information content (AvgIpc) is 2.63. The van der Waals surface area contributed by atoms with Crippen LogP contribution < -0.4 is 19.6 Å². The Balaban J connectivity index is 1.94. The number of nitrogens with one attached hydrogen (secondary N) is 1. The molecule has 0 fully saturated rings. The van der Waals surface area contributed by atoms with Crippen molar-refractivity contribution in [3.8, 4) is 17.2 Å². The van der Waals surface area contributed by atoms with Crippen molar-refractivity contribution in [1.82, 2.24) is 5.43 Å². The molecular weight excluding hydrogens is 379 g/mol. The van der Waals surface area contributed by atoms with Crippen molar-refractivity contribution in [1.29, 1.82) is 0 Å². The maximum Gasteiger partial charge on any atom is 0.277 e. The summed E-state index contributed by atoms with van der Waals surface area (Å²) in [5.74, 6) is 0.946. The van der Waals surface area contributed by atoms with Crippen LogP contribution in [0.25, 0.3) is 0 Å². The van der Waals surface area contributed by atoms with E-state index in [9.17, 15) is 4.79 Å². The zero-order chi connectivity index (χ0) is 18.9. The summed E-state index contributed by atoms with van der Waals surface area (Å²) < 4.78 is 16.0. The van der Waals surface area contributed by atoms with Gasteiger partial charge in [-0.15, -0.1) is 0 Å². The number of ether oxygens (including phenoxy) is 3. The lowest BCUT2D eigenvalue weighted by molar-refractivity contribution is -0.123. The molecule has 6 nitrogen and oxygen atoms in total. The van der Waals surface area contributed by atoms with Gasteiger partial charge in [0.2, 0.25) is 0 Å². The molecule has 0 atom stereocenters. The summed E-state index contributed by atoms with van der Waals surface area (Å²) in [5.41, 5.74) is 3.01. The topological polar surface area (TPSA) is 69.2 Å². The van der Waals surface area contributed by atoms with E-state index in [4.69, 9.17) is 37.4 Å². The number of nitrogens with zero attached hydrogens (tertiary/aromatic N) is 1. The van der Waals surface area contributed by atoms with E-state index in [-0.39, 0.29) is 6.61 Å². The van der Waals surface area contributed by atoms with Crippen LogP contribution in [-0.2, 0) is 4.79 Å². The highest BCUT2D eigenvalue weighted by atomic mass is 35.5. The second-order valence-electron chi connectivity index (χ2n) is 4.98. The van der Waals surface area contributed by atoms with Gasteiger partial charge in [0.1, 0.15) is 5.75 Å². The fourth-order valence-corrected chi connectivity index (χ4v) is 2.48. The van der Waals surface area contributed by atoms with E-state index >= 15 is 0 Å². The quantitative estimate of drug-likeness (QED) is 0.541. The third kappa shape index (κ3) is 5.54. The van der Waals surface area contributed by atoms with Crippen LogP contribution in [0, 0.1) is 0 Å². The Hall–Kier alpha value is -2.44. The molecule has 0 heterocycles. The van der Waals surface area contributed by atoms with E-state index in [2.05, 4.69) is 10.5 Å². The molecule has 0 aromatic heterocycles. The number of halogens is 2. The van der Waals surface area contributed by atoms with Crippen molar-refractivity contribution >= 4 is 35.3 Å². The summed E-state index contributed by atoms with van der Waals surface area (Å²) in [6.45, 7) is 2.10. The van der Waals surface area contributed by atoms with Gasteiger partial charge >= 0.3 is 0 Å². The Morgan fingerprint density at radius 3 is 2.62 bits per heavy atom. The third-order valence-corrected chi connectivity index (χ3v) is 3.73. The minimum absolute atomic E-state index is 0.214. The standard InChI is InChI=1S/C18H18Cl2N2O4/c1-3-25-18-14(20)8-12(9-16(18)24-2)10-21-22-17(23)11-26-15-7-5-4-6-13(15)19/h4-10H,3,11H2,1-2H3,(H,22,23)/b21-10+. The molecule has 0 bridgehead atoms. The lowest BCUT2D eigenvalue weighted by atomic mass is 10.2. The lowest BCUT2D eigenvalue weighted by Crippen LogP contribution is -2.24. The second-order valence-corrected chi connectivity index (χ2v) is 5.79. The van der Waals surface area contributed by atoms with Gasteiger partial charge in [-0.3, -0.25) is 4.79 Å². The van der Waals surface area contributed by atoms with Gasteiger partial charge < -0.3 is 14.2 Å². The van der Waals surface area contributed by atoms with Crippen LogP contribution in [0.2, 0.25) is 10.0 Å². The molecule has 0 unspecified atom stereocenters. The van der Waals surface area contributed by atoms with Crippen molar-refractivity contribution in [3.63, 3.8) is 0 Å². The summed E-state index contributed by atoms with van der Waals surface area (Å²) in [6, 6.07) is 10.2. The van der Waals surface area contributed by atoms with Crippen LogP contribution in [0.1, 0.15) is 12.5 Å². The Kier molecular flexibility index (Phi) is 7.56. The van der Waals surface area contributed by atoms with Crippen LogP contribution in [0.4, 0.5) is 0 Å². The molecule has 2 aromatic rings. The van der Waals surface area contributed by atoms with Gasteiger partial charge in [0.15, 0.2) is 18.1 Å². The zero-order valence-electron chi connectivity index (χ0n) is 14.3. The molecule has 2 rings (SSSR count). The molecule has 2 aromatic carbocycles. The van der Waals surface area contributed by atoms with Gasteiger partial charge in [0, 0.05) is 0 Å². The number of rotatable bonds is 8. The van der Waals surface area contributed by atoms with Crippen molar-refractivity contribution in [3.05, 3.63) is 52.0 Å². The number of amides is 1. The highest BCUT2D eigenvalue weighted by Crippen LogP contribution is 2.35. The summed E-state index contributed by atoms with van der Waals surface area (Å²) in [7, 11) is 1.52. The number of hydrazone groups is 1. The van der Waals surface area contributed by atoms with E-state index in [1.807, 2.05) is 6.92 Å². The van der Waals surface area contributed by atoms with Crippen LogP contribution in [0.3, 0.4) is 0 Å². The maximum atomic E-state index is 11.8. The molecule has 0 saturated carbocycles. The molecule has 26 heavy (non-hydrogen) atoms. The fourth-order valence-electron chi connectivity index (χ4n) is 2.01.